The zero-order chi connectivity index (χ0) is 22.0. The third-order valence-electron chi connectivity index (χ3n) is 8.39. The molecule has 0 amide bonds. The Labute approximate surface area is 191 Å². The minimum absolute atomic E-state index is 0.382. The summed E-state index contributed by atoms with van der Waals surface area (Å²) < 4.78 is 27.0. The van der Waals surface area contributed by atoms with E-state index in [-0.39, 0.29) is 0 Å². The molecule has 2 fully saturated rings. The van der Waals surface area contributed by atoms with E-state index < -0.39 is 19.7 Å². The maximum absolute atomic E-state index is 13.7. The predicted molar refractivity (Wildman–Crippen MR) is 131 cm³/mol. The van der Waals surface area contributed by atoms with Gasteiger partial charge in [0.1, 0.15) is 8.07 Å². The second kappa shape index (κ2) is 9.31. The first-order chi connectivity index (χ1) is 15.7. The molecule has 0 unspecified atom stereocenters. The monoisotopic (exact) mass is 446 g/mol. The molecule has 1 heterocycles. The summed E-state index contributed by atoms with van der Waals surface area (Å²) in [6.45, 7) is 0. The van der Waals surface area contributed by atoms with Crippen LogP contribution < -0.4 is 10.4 Å². The van der Waals surface area contributed by atoms with E-state index in [1.165, 1.54) is 49.9 Å². The Morgan fingerprint density at radius 3 is 1.62 bits per heavy atom. The van der Waals surface area contributed by atoms with Crippen LogP contribution in [0.3, 0.4) is 0 Å². The van der Waals surface area contributed by atoms with Crippen molar-refractivity contribution in [3.05, 3.63) is 96.1 Å². The molecule has 1 saturated carbocycles. The van der Waals surface area contributed by atoms with E-state index in [0.717, 1.165) is 30.2 Å². The molecule has 0 bridgehead atoms. The van der Waals surface area contributed by atoms with Gasteiger partial charge >= 0.3 is 0 Å². The molecule has 3 aromatic carbocycles. The molecule has 0 aromatic heterocycles. The van der Waals surface area contributed by atoms with Crippen molar-refractivity contribution in [2.45, 2.75) is 56.5 Å². The molecule has 5 rings (SSSR count). The van der Waals surface area contributed by atoms with Crippen LogP contribution in [0.25, 0.3) is 0 Å². The van der Waals surface area contributed by atoms with Gasteiger partial charge in [0.15, 0.2) is 11.6 Å². The number of hydrogen-bond donors (Lipinski definition) is 0. The van der Waals surface area contributed by atoms with Crippen molar-refractivity contribution in [2.24, 2.45) is 11.8 Å². The lowest BCUT2D eigenvalue weighted by atomic mass is 9.72. The zero-order valence-electron chi connectivity index (χ0n) is 18.7. The van der Waals surface area contributed by atoms with E-state index in [1.807, 2.05) is 0 Å². The molecule has 3 aromatic rings. The van der Waals surface area contributed by atoms with E-state index >= 15 is 0 Å². The molecule has 166 valence electrons. The molecular weight excluding hydrogens is 414 g/mol. The average molecular weight is 447 g/mol. The van der Waals surface area contributed by atoms with E-state index in [0.29, 0.717) is 5.92 Å². The fraction of sp³-hybridized carbons (Fsp3) is 0.379. The molecule has 0 nitrogen and oxygen atoms in total. The molecule has 1 aliphatic heterocycles. The second-order valence-corrected chi connectivity index (χ2v) is 14.3. The van der Waals surface area contributed by atoms with Crippen LogP contribution >= 0.6 is 0 Å². The van der Waals surface area contributed by atoms with Crippen molar-refractivity contribution >= 4 is 18.4 Å². The van der Waals surface area contributed by atoms with Gasteiger partial charge in [0.2, 0.25) is 0 Å². The van der Waals surface area contributed by atoms with Crippen LogP contribution in [0.15, 0.2) is 78.9 Å². The predicted octanol–water partition coefficient (Wildman–Crippen LogP) is 6.91. The quantitative estimate of drug-likeness (QED) is 0.382. The summed E-state index contributed by atoms with van der Waals surface area (Å²) in [5, 5.41) is 3.18. The van der Waals surface area contributed by atoms with Gasteiger partial charge in [0, 0.05) is 0 Å². The van der Waals surface area contributed by atoms with Gasteiger partial charge in [-0.2, -0.15) is 0 Å². The van der Waals surface area contributed by atoms with Crippen molar-refractivity contribution in [1.29, 1.82) is 0 Å². The standard InChI is InChI=1S/C29H32F2Si/c30-28-16-15-25(21-29(28)31)23-13-11-22(12-14-23)24-17-19-32(20-18-24,26-7-3-1-4-8-26)27-9-5-2-6-10-27/h1-10,15-16,21-24H,11-14,17-20H2/t22-,23-. The molecule has 0 spiro atoms. The first-order valence-electron chi connectivity index (χ1n) is 12.2. The third kappa shape index (κ3) is 4.20. The lowest BCUT2D eigenvalue weighted by Gasteiger charge is -2.43. The van der Waals surface area contributed by atoms with Gasteiger partial charge in [-0.05, 0) is 73.2 Å². The maximum Gasteiger partial charge on any atom is 0.159 e. The number of hydrogen-bond acceptors (Lipinski definition) is 0. The number of benzene rings is 3. The Bertz CT molecular complexity index is 976. The minimum atomic E-state index is -1.70. The third-order valence-corrected chi connectivity index (χ3v) is 13.6. The molecule has 0 radical (unpaired) electrons. The van der Waals surface area contributed by atoms with E-state index in [2.05, 4.69) is 60.7 Å². The molecule has 0 atom stereocenters. The van der Waals surface area contributed by atoms with Crippen LogP contribution in [0, 0.1) is 23.5 Å². The largest absolute Gasteiger partial charge is 0.204 e. The summed E-state index contributed by atoms with van der Waals surface area (Å²) in [6, 6.07) is 29.7. The lowest BCUT2D eigenvalue weighted by Crippen LogP contribution is -2.60. The Kier molecular flexibility index (Phi) is 6.28. The molecule has 32 heavy (non-hydrogen) atoms. The van der Waals surface area contributed by atoms with Gasteiger partial charge in [-0.25, -0.2) is 8.78 Å². The summed E-state index contributed by atoms with van der Waals surface area (Å²) >= 11 is 0. The van der Waals surface area contributed by atoms with Crippen LogP contribution in [0.2, 0.25) is 12.1 Å². The summed E-state index contributed by atoms with van der Waals surface area (Å²) in [7, 11) is -1.70. The Morgan fingerprint density at radius 2 is 1.09 bits per heavy atom. The van der Waals surface area contributed by atoms with E-state index in [9.17, 15) is 8.78 Å². The average Bonchev–Trinajstić information content (AvgIpc) is 2.87. The van der Waals surface area contributed by atoms with Crippen molar-refractivity contribution in [2.75, 3.05) is 0 Å². The lowest BCUT2D eigenvalue weighted by molar-refractivity contribution is 0.216. The van der Waals surface area contributed by atoms with E-state index in [4.69, 9.17) is 0 Å². The Morgan fingerprint density at radius 1 is 0.562 bits per heavy atom. The van der Waals surface area contributed by atoms with Crippen LogP contribution in [0.1, 0.15) is 50.0 Å². The molecule has 1 saturated heterocycles. The van der Waals surface area contributed by atoms with Gasteiger partial charge in [0.05, 0.1) is 0 Å². The van der Waals surface area contributed by atoms with Crippen LogP contribution in [-0.4, -0.2) is 8.07 Å². The van der Waals surface area contributed by atoms with Gasteiger partial charge in [0.25, 0.3) is 0 Å². The minimum Gasteiger partial charge on any atom is -0.204 e. The normalized spacial score (nSPS) is 23.7. The SMILES string of the molecule is Fc1ccc([C@H]2CC[C@H](C3CC[Si](c4ccccc4)(c4ccccc4)CC3)CC2)cc1F. The van der Waals surface area contributed by atoms with Gasteiger partial charge < -0.3 is 0 Å². The smallest absolute Gasteiger partial charge is 0.159 e. The highest BCUT2D eigenvalue weighted by molar-refractivity contribution is 7.02. The van der Waals surface area contributed by atoms with Crippen molar-refractivity contribution in [1.82, 2.24) is 0 Å². The topological polar surface area (TPSA) is 0 Å². The number of halogens is 2. The van der Waals surface area contributed by atoms with Gasteiger partial charge in [-0.15, -0.1) is 0 Å². The van der Waals surface area contributed by atoms with E-state index in [1.54, 1.807) is 16.4 Å². The van der Waals surface area contributed by atoms with Gasteiger partial charge in [-0.3, -0.25) is 0 Å². The zero-order valence-corrected chi connectivity index (χ0v) is 19.7. The molecule has 0 N–H and O–H groups in total. The summed E-state index contributed by atoms with van der Waals surface area (Å²) in [5.41, 5.74) is 0.977. The fourth-order valence-electron chi connectivity index (χ4n) is 6.55. The molecule has 3 heteroatoms. The summed E-state index contributed by atoms with van der Waals surface area (Å²) in [4.78, 5) is 0. The molecule has 2 aliphatic rings. The molecular formula is C29H32F2Si. The fourth-order valence-corrected chi connectivity index (χ4v) is 11.7. The summed E-state index contributed by atoms with van der Waals surface area (Å²) in [6.07, 6.45) is 7.31. The highest BCUT2D eigenvalue weighted by atomic mass is 28.3. The second-order valence-electron chi connectivity index (χ2n) is 9.94. The molecule has 1 aliphatic carbocycles. The number of rotatable bonds is 4. The first kappa shape index (κ1) is 21.6. The summed E-state index contributed by atoms with van der Waals surface area (Å²) in [5.74, 6) is 0.533. The Balaban J connectivity index is 1.26. The van der Waals surface area contributed by atoms with Crippen molar-refractivity contribution < 1.29 is 8.78 Å². The Hall–Kier alpha value is -2.26. The van der Waals surface area contributed by atoms with Crippen molar-refractivity contribution in [3.8, 4) is 0 Å². The van der Waals surface area contributed by atoms with Crippen molar-refractivity contribution in [3.63, 3.8) is 0 Å². The van der Waals surface area contributed by atoms with Crippen LogP contribution in [0.4, 0.5) is 8.78 Å². The van der Waals surface area contributed by atoms with Crippen LogP contribution in [0.5, 0.6) is 0 Å². The first-order valence-corrected chi connectivity index (χ1v) is 14.6. The highest BCUT2D eigenvalue weighted by Crippen LogP contribution is 2.45. The van der Waals surface area contributed by atoms with Gasteiger partial charge in [-0.1, -0.05) is 89.9 Å². The van der Waals surface area contributed by atoms with Crippen LogP contribution in [-0.2, 0) is 0 Å². The maximum atomic E-state index is 13.7. The highest BCUT2D eigenvalue weighted by Gasteiger charge is 2.42.